The van der Waals surface area contributed by atoms with Crippen LogP contribution >= 0.6 is 0 Å². The number of aromatic hydroxyl groups is 1. The van der Waals surface area contributed by atoms with Crippen molar-refractivity contribution in [3.8, 4) is 22.9 Å². The van der Waals surface area contributed by atoms with Gasteiger partial charge in [0.1, 0.15) is 27.2 Å². The third-order valence-electron chi connectivity index (χ3n) is 3.66. The van der Waals surface area contributed by atoms with Crippen molar-refractivity contribution in [1.82, 2.24) is 15.5 Å². The van der Waals surface area contributed by atoms with E-state index in [1.165, 1.54) is 24.3 Å². The first kappa shape index (κ1) is 20.3. The van der Waals surface area contributed by atoms with Crippen LogP contribution in [0.1, 0.15) is 16.2 Å². The molecule has 2 N–H and O–H groups in total. The van der Waals surface area contributed by atoms with Gasteiger partial charge in [-0.3, -0.25) is 4.79 Å². The maximum Gasteiger partial charge on any atom is 0.573 e. The Kier molecular flexibility index (Phi) is 5.53. The predicted molar refractivity (Wildman–Crippen MR) is 96.5 cm³/mol. The number of aromatic nitrogens is 2. The molecule has 29 heavy (non-hydrogen) atoms. The summed E-state index contributed by atoms with van der Waals surface area (Å²) in [6, 6.07) is 7.70. The summed E-state index contributed by atoms with van der Waals surface area (Å²) >= 11 is 0. The quantitative estimate of drug-likeness (QED) is 0.618. The monoisotopic (exact) mass is 399 g/mol. The van der Waals surface area contributed by atoms with E-state index in [4.69, 9.17) is 20.2 Å². The third kappa shape index (κ3) is 5.09. The molecule has 3 aromatic rings. The number of benzene rings is 2. The molecule has 0 spiro atoms. The molecule has 144 valence electrons. The average Bonchev–Trinajstić information content (AvgIpc) is 3.14. The lowest BCUT2D eigenvalue weighted by Crippen LogP contribution is -2.23. The lowest BCUT2D eigenvalue weighted by molar-refractivity contribution is -0.274. The molecule has 4 radical (unpaired) electrons. The number of ether oxygens (including phenoxy) is 1. The highest BCUT2D eigenvalue weighted by molar-refractivity contribution is 6.41. The number of rotatable bonds is 5. The molecular formula is C17H10B2F3N3O4. The Bertz CT molecular complexity index is 1020. The summed E-state index contributed by atoms with van der Waals surface area (Å²) in [6.07, 6.45) is -4.78. The lowest BCUT2D eigenvalue weighted by atomic mass is 9.84. The van der Waals surface area contributed by atoms with Gasteiger partial charge in [-0.25, -0.2) is 0 Å². The summed E-state index contributed by atoms with van der Waals surface area (Å²) in [5, 5.41) is 15.7. The van der Waals surface area contributed by atoms with Gasteiger partial charge in [-0.1, -0.05) is 40.3 Å². The minimum Gasteiger partial charge on any atom is -0.509 e. The molecule has 1 amide bonds. The van der Waals surface area contributed by atoms with E-state index >= 15 is 0 Å². The summed E-state index contributed by atoms with van der Waals surface area (Å²) in [6.45, 7) is 0.00193. The number of hydrogen-bond acceptors (Lipinski definition) is 6. The molecule has 0 saturated heterocycles. The topological polar surface area (TPSA) is 97.5 Å². The first-order chi connectivity index (χ1) is 13.6. The maximum atomic E-state index is 12.1. The standard InChI is InChI=1S/C17H10B2F3N3O4/c18-11-5-9(6-12(19)13(11)26)14-24-16(29-25-14)15(27)23-7-8-1-3-10(4-2-8)28-17(20,21)22/h1-6,26H,7H2,(H,23,27). The van der Waals surface area contributed by atoms with Crippen molar-refractivity contribution >= 4 is 32.5 Å². The largest absolute Gasteiger partial charge is 0.573 e. The Balaban J connectivity index is 1.64. The van der Waals surface area contributed by atoms with Gasteiger partial charge >= 0.3 is 18.2 Å². The summed E-state index contributed by atoms with van der Waals surface area (Å²) in [5.41, 5.74) is 0.870. The van der Waals surface area contributed by atoms with Gasteiger partial charge in [-0.15, -0.1) is 13.2 Å². The second-order valence-electron chi connectivity index (χ2n) is 5.80. The van der Waals surface area contributed by atoms with Crippen LogP contribution in [0.15, 0.2) is 40.9 Å². The number of halogens is 3. The number of phenolic OH excluding ortho intramolecular Hbond substituents is 1. The number of phenols is 1. The Morgan fingerprint density at radius 3 is 2.38 bits per heavy atom. The molecule has 0 aliphatic heterocycles. The average molecular weight is 399 g/mol. The van der Waals surface area contributed by atoms with Crippen LogP contribution in [0.4, 0.5) is 13.2 Å². The molecule has 0 saturated carbocycles. The number of hydrogen-bond donors (Lipinski definition) is 2. The number of amides is 1. The Morgan fingerprint density at radius 2 is 1.79 bits per heavy atom. The van der Waals surface area contributed by atoms with Crippen molar-refractivity contribution < 1.29 is 32.3 Å². The van der Waals surface area contributed by atoms with Gasteiger partial charge < -0.3 is 19.7 Å². The molecule has 0 bridgehead atoms. The van der Waals surface area contributed by atoms with Gasteiger partial charge in [-0.05, 0) is 17.7 Å². The van der Waals surface area contributed by atoms with Gasteiger partial charge in [0.2, 0.25) is 5.82 Å². The van der Waals surface area contributed by atoms with Gasteiger partial charge in [0.05, 0.1) is 0 Å². The summed E-state index contributed by atoms with van der Waals surface area (Å²) in [5.74, 6) is -1.66. The number of nitrogens with zero attached hydrogens (tertiary/aromatic N) is 2. The van der Waals surface area contributed by atoms with E-state index in [1.807, 2.05) is 0 Å². The molecule has 3 rings (SSSR count). The second kappa shape index (κ2) is 7.90. The molecule has 12 heteroatoms. The highest BCUT2D eigenvalue weighted by Gasteiger charge is 2.30. The molecule has 1 heterocycles. The normalized spacial score (nSPS) is 11.3. The number of nitrogens with one attached hydrogen (secondary N) is 1. The minimum absolute atomic E-state index is 0.00193. The van der Waals surface area contributed by atoms with Crippen molar-refractivity contribution in [3.05, 3.63) is 47.9 Å². The first-order valence-electron chi connectivity index (χ1n) is 7.97. The van der Waals surface area contributed by atoms with Gasteiger partial charge in [-0.2, -0.15) is 4.98 Å². The lowest BCUT2D eigenvalue weighted by Gasteiger charge is -2.09. The molecule has 0 atom stereocenters. The predicted octanol–water partition coefficient (Wildman–Crippen LogP) is 0.858. The summed E-state index contributed by atoms with van der Waals surface area (Å²) in [7, 11) is 11.2. The maximum absolute atomic E-state index is 12.1. The molecular weight excluding hydrogens is 389 g/mol. The number of carbonyl (C=O) groups is 1. The van der Waals surface area contributed by atoms with E-state index in [0.29, 0.717) is 11.1 Å². The third-order valence-corrected chi connectivity index (χ3v) is 3.66. The first-order valence-corrected chi connectivity index (χ1v) is 7.97. The van der Waals surface area contributed by atoms with Gasteiger partial charge in [0.25, 0.3) is 0 Å². The molecule has 1 aromatic heterocycles. The van der Waals surface area contributed by atoms with E-state index in [0.717, 1.165) is 12.1 Å². The van der Waals surface area contributed by atoms with Gasteiger partial charge in [0.15, 0.2) is 0 Å². The van der Waals surface area contributed by atoms with Crippen LogP contribution in [0.25, 0.3) is 11.4 Å². The van der Waals surface area contributed by atoms with Crippen LogP contribution in [0.5, 0.6) is 11.5 Å². The van der Waals surface area contributed by atoms with Crippen LogP contribution in [0.3, 0.4) is 0 Å². The van der Waals surface area contributed by atoms with E-state index in [1.54, 1.807) is 0 Å². The highest BCUT2D eigenvalue weighted by Crippen LogP contribution is 2.22. The van der Waals surface area contributed by atoms with Crippen molar-refractivity contribution in [3.63, 3.8) is 0 Å². The highest BCUT2D eigenvalue weighted by atomic mass is 19.4. The fourth-order valence-corrected chi connectivity index (χ4v) is 2.31. The smallest absolute Gasteiger partial charge is 0.509 e. The SMILES string of the molecule is [B]c1cc(-c2noc(C(=O)NCc3ccc(OC(F)(F)F)cc3)n2)cc([B])c1O. The molecule has 0 fully saturated rings. The van der Waals surface area contributed by atoms with Crippen LogP contribution in [-0.2, 0) is 6.54 Å². The van der Waals surface area contributed by atoms with E-state index in [2.05, 4.69) is 20.2 Å². The Hall–Kier alpha value is -3.43. The minimum atomic E-state index is -4.78. The molecule has 2 aromatic carbocycles. The fraction of sp³-hybridized carbons (Fsp3) is 0.118. The van der Waals surface area contributed by atoms with E-state index in [-0.39, 0.29) is 40.7 Å². The van der Waals surface area contributed by atoms with Crippen molar-refractivity contribution in [2.45, 2.75) is 12.9 Å². The summed E-state index contributed by atoms with van der Waals surface area (Å²) in [4.78, 5) is 16.1. The van der Waals surface area contributed by atoms with Crippen LogP contribution < -0.4 is 21.0 Å². The van der Waals surface area contributed by atoms with Crippen LogP contribution in [0.2, 0.25) is 0 Å². The Labute approximate surface area is 164 Å². The molecule has 7 nitrogen and oxygen atoms in total. The zero-order valence-electron chi connectivity index (χ0n) is 14.5. The van der Waals surface area contributed by atoms with Crippen molar-refractivity contribution in [1.29, 1.82) is 0 Å². The Morgan fingerprint density at radius 1 is 1.17 bits per heavy atom. The van der Waals surface area contributed by atoms with E-state index < -0.39 is 12.3 Å². The number of alkyl halides is 3. The second-order valence-corrected chi connectivity index (χ2v) is 5.80. The zero-order chi connectivity index (χ0) is 21.2. The van der Waals surface area contributed by atoms with Crippen LogP contribution in [0, 0.1) is 0 Å². The molecule has 0 aliphatic rings. The molecule has 0 unspecified atom stereocenters. The van der Waals surface area contributed by atoms with Gasteiger partial charge in [0, 0.05) is 12.1 Å². The molecule has 0 aliphatic carbocycles. The van der Waals surface area contributed by atoms with E-state index in [9.17, 15) is 23.1 Å². The van der Waals surface area contributed by atoms with Crippen molar-refractivity contribution in [2.75, 3.05) is 0 Å². The van der Waals surface area contributed by atoms with Crippen molar-refractivity contribution in [2.24, 2.45) is 0 Å². The van der Waals surface area contributed by atoms with Crippen LogP contribution in [-0.4, -0.2) is 43.2 Å². The fourth-order valence-electron chi connectivity index (χ4n) is 2.31. The summed E-state index contributed by atoms with van der Waals surface area (Å²) < 4.78 is 45.1. The number of carbonyl (C=O) groups excluding carboxylic acids is 1. The zero-order valence-corrected chi connectivity index (χ0v) is 14.5.